The molecule has 0 fully saturated rings. The van der Waals surface area contributed by atoms with E-state index >= 15 is 0 Å². The maximum atomic E-state index is 5.45. The highest BCUT2D eigenvalue weighted by atomic mass is 15.4. The molecule has 0 aromatic heterocycles. The summed E-state index contributed by atoms with van der Waals surface area (Å²) < 4.78 is 0. The molecule has 1 aliphatic rings. The maximum absolute atomic E-state index is 5.45. The number of hydrazine groups is 1. The number of nitrogens with zero attached hydrogens (tertiary/aromatic N) is 2. The van der Waals surface area contributed by atoms with E-state index in [0.717, 1.165) is 25.6 Å². The van der Waals surface area contributed by atoms with Gasteiger partial charge in [0, 0.05) is 19.6 Å². The number of fused-ring (bicyclic) bond motifs is 1. The van der Waals surface area contributed by atoms with Crippen molar-refractivity contribution in [1.29, 1.82) is 0 Å². The Morgan fingerprint density at radius 2 is 2.00 bits per heavy atom. The lowest BCUT2D eigenvalue weighted by molar-refractivity contribution is 0.428. The van der Waals surface area contributed by atoms with Gasteiger partial charge in [0.1, 0.15) is 0 Å². The van der Waals surface area contributed by atoms with E-state index in [1.165, 1.54) is 11.1 Å². The second-order valence-electron chi connectivity index (χ2n) is 3.57. The minimum absolute atomic E-state index is 0.742. The van der Waals surface area contributed by atoms with Crippen LogP contribution in [0.5, 0.6) is 0 Å². The molecule has 15 heavy (non-hydrogen) atoms. The minimum Gasteiger partial charge on any atom is -0.333 e. The summed E-state index contributed by atoms with van der Waals surface area (Å²) >= 11 is 0. The quantitative estimate of drug-likeness (QED) is 0.308. The summed E-state index contributed by atoms with van der Waals surface area (Å²) in [6.45, 7) is 4.52. The molecule has 1 aliphatic heterocycles. The first kappa shape index (κ1) is 9.98. The average Bonchev–Trinajstić information content (AvgIpc) is 2.69. The van der Waals surface area contributed by atoms with Crippen LogP contribution in [0, 0.1) is 0 Å². The van der Waals surface area contributed by atoms with Gasteiger partial charge in [-0.05, 0) is 18.1 Å². The van der Waals surface area contributed by atoms with Crippen LogP contribution in [-0.2, 0) is 13.1 Å². The lowest BCUT2D eigenvalue weighted by Gasteiger charge is -2.18. The molecular weight excluding hydrogens is 188 g/mol. The van der Waals surface area contributed by atoms with E-state index in [1.807, 2.05) is 6.92 Å². The average molecular weight is 204 g/mol. The van der Waals surface area contributed by atoms with Crippen molar-refractivity contribution >= 4 is 5.96 Å². The van der Waals surface area contributed by atoms with Crippen molar-refractivity contribution in [1.82, 2.24) is 10.3 Å². The molecule has 1 heterocycles. The van der Waals surface area contributed by atoms with Crippen LogP contribution in [0.3, 0.4) is 0 Å². The molecule has 1 aromatic rings. The number of nitrogens with one attached hydrogen (secondary N) is 1. The molecule has 4 nitrogen and oxygen atoms in total. The fourth-order valence-corrected chi connectivity index (χ4v) is 1.87. The van der Waals surface area contributed by atoms with Crippen molar-refractivity contribution in [3.05, 3.63) is 35.4 Å². The van der Waals surface area contributed by atoms with E-state index in [0.29, 0.717) is 0 Å². The number of rotatable bonds is 1. The third kappa shape index (κ3) is 1.94. The van der Waals surface area contributed by atoms with E-state index in [2.05, 4.69) is 39.6 Å². The van der Waals surface area contributed by atoms with Crippen LogP contribution in [0.15, 0.2) is 29.3 Å². The van der Waals surface area contributed by atoms with Gasteiger partial charge in [-0.2, -0.15) is 0 Å². The number of hydrogen-bond acceptors (Lipinski definition) is 2. The highest BCUT2D eigenvalue weighted by Crippen LogP contribution is 2.21. The van der Waals surface area contributed by atoms with Gasteiger partial charge in [0.15, 0.2) is 0 Å². The molecule has 0 radical (unpaired) electrons. The molecule has 80 valence electrons. The standard InChI is InChI=1S/C11H16N4/c1-2-13-11(14-12)15-7-9-5-3-4-6-10(9)8-15/h3-6H,2,7-8,12H2,1H3,(H,13,14). The molecule has 0 amide bonds. The molecule has 0 bridgehead atoms. The number of hydrogen-bond donors (Lipinski definition) is 2. The third-order valence-corrected chi connectivity index (χ3v) is 2.58. The van der Waals surface area contributed by atoms with Crippen molar-refractivity contribution in [2.24, 2.45) is 10.8 Å². The molecule has 1 aromatic carbocycles. The molecular formula is C11H16N4. The van der Waals surface area contributed by atoms with E-state index < -0.39 is 0 Å². The SMILES string of the molecule is CCN=C(NN)N1Cc2ccccc2C1. The summed E-state index contributed by atoms with van der Waals surface area (Å²) in [4.78, 5) is 6.46. The Morgan fingerprint density at radius 3 is 2.47 bits per heavy atom. The first-order chi connectivity index (χ1) is 7.35. The van der Waals surface area contributed by atoms with Crippen molar-refractivity contribution < 1.29 is 0 Å². The predicted octanol–water partition coefficient (Wildman–Crippen LogP) is 0.841. The Balaban J connectivity index is 2.15. The topological polar surface area (TPSA) is 53.6 Å². The van der Waals surface area contributed by atoms with Gasteiger partial charge in [-0.3, -0.25) is 10.4 Å². The molecule has 0 saturated carbocycles. The Hall–Kier alpha value is -1.55. The van der Waals surface area contributed by atoms with Crippen LogP contribution < -0.4 is 11.3 Å². The summed E-state index contributed by atoms with van der Waals surface area (Å²) in [7, 11) is 0. The van der Waals surface area contributed by atoms with Crippen molar-refractivity contribution in [2.75, 3.05) is 6.54 Å². The van der Waals surface area contributed by atoms with Crippen molar-refractivity contribution in [2.45, 2.75) is 20.0 Å². The van der Waals surface area contributed by atoms with Crippen LogP contribution in [-0.4, -0.2) is 17.4 Å². The lowest BCUT2D eigenvalue weighted by Crippen LogP contribution is -2.42. The van der Waals surface area contributed by atoms with Gasteiger partial charge in [0.2, 0.25) is 5.96 Å². The minimum atomic E-state index is 0.742. The van der Waals surface area contributed by atoms with Crippen molar-refractivity contribution in [3.63, 3.8) is 0 Å². The monoisotopic (exact) mass is 204 g/mol. The van der Waals surface area contributed by atoms with Gasteiger partial charge in [-0.1, -0.05) is 24.3 Å². The van der Waals surface area contributed by atoms with Gasteiger partial charge in [0.05, 0.1) is 0 Å². The molecule has 0 aliphatic carbocycles. The molecule has 0 atom stereocenters. The van der Waals surface area contributed by atoms with Crippen LogP contribution in [0.1, 0.15) is 18.1 Å². The summed E-state index contributed by atoms with van der Waals surface area (Å²) in [5, 5.41) is 0. The number of benzene rings is 1. The Bertz CT molecular complexity index is 348. The number of guanidine groups is 1. The van der Waals surface area contributed by atoms with Crippen LogP contribution >= 0.6 is 0 Å². The summed E-state index contributed by atoms with van der Waals surface area (Å²) in [6.07, 6.45) is 0. The van der Waals surface area contributed by atoms with E-state index in [4.69, 9.17) is 5.84 Å². The number of nitrogens with two attached hydrogens (primary N) is 1. The lowest BCUT2D eigenvalue weighted by atomic mass is 10.1. The predicted molar refractivity (Wildman–Crippen MR) is 61.0 cm³/mol. The van der Waals surface area contributed by atoms with Gasteiger partial charge >= 0.3 is 0 Å². The fraction of sp³-hybridized carbons (Fsp3) is 0.364. The van der Waals surface area contributed by atoms with Crippen LogP contribution in [0.2, 0.25) is 0 Å². The molecule has 0 unspecified atom stereocenters. The number of aliphatic imine (C=N–C) groups is 1. The highest BCUT2D eigenvalue weighted by molar-refractivity contribution is 5.80. The zero-order chi connectivity index (χ0) is 10.7. The Kier molecular flexibility index (Phi) is 2.87. The van der Waals surface area contributed by atoms with E-state index in [-0.39, 0.29) is 0 Å². The van der Waals surface area contributed by atoms with Crippen molar-refractivity contribution in [3.8, 4) is 0 Å². The molecule has 0 saturated heterocycles. The third-order valence-electron chi connectivity index (χ3n) is 2.58. The van der Waals surface area contributed by atoms with Gasteiger partial charge in [0.25, 0.3) is 0 Å². The normalized spacial score (nSPS) is 15.3. The fourth-order valence-electron chi connectivity index (χ4n) is 1.87. The maximum Gasteiger partial charge on any atom is 0.208 e. The smallest absolute Gasteiger partial charge is 0.208 e. The zero-order valence-corrected chi connectivity index (χ0v) is 8.90. The summed E-state index contributed by atoms with van der Waals surface area (Å²) in [5.74, 6) is 6.22. The second kappa shape index (κ2) is 4.31. The summed E-state index contributed by atoms with van der Waals surface area (Å²) in [5.41, 5.74) is 5.37. The van der Waals surface area contributed by atoms with Crippen LogP contribution in [0.25, 0.3) is 0 Å². The Labute approximate surface area is 89.8 Å². The molecule has 3 N–H and O–H groups in total. The van der Waals surface area contributed by atoms with Gasteiger partial charge < -0.3 is 4.90 Å². The molecule has 4 heteroatoms. The zero-order valence-electron chi connectivity index (χ0n) is 8.90. The van der Waals surface area contributed by atoms with Gasteiger partial charge in [-0.15, -0.1) is 0 Å². The largest absolute Gasteiger partial charge is 0.333 e. The molecule has 0 spiro atoms. The van der Waals surface area contributed by atoms with Crippen LogP contribution in [0.4, 0.5) is 0 Å². The van der Waals surface area contributed by atoms with E-state index in [9.17, 15) is 0 Å². The summed E-state index contributed by atoms with van der Waals surface area (Å²) in [6, 6.07) is 8.43. The van der Waals surface area contributed by atoms with Gasteiger partial charge in [-0.25, -0.2) is 5.84 Å². The molecule has 2 rings (SSSR count). The first-order valence-corrected chi connectivity index (χ1v) is 5.18. The van der Waals surface area contributed by atoms with E-state index in [1.54, 1.807) is 0 Å². The first-order valence-electron chi connectivity index (χ1n) is 5.18. The Morgan fingerprint density at radius 1 is 1.40 bits per heavy atom. The second-order valence-corrected chi connectivity index (χ2v) is 3.57. The highest BCUT2D eigenvalue weighted by Gasteiger charge is 2.20.